The molecule has 120 valence electrons. The van der Waals surface area contributed by atoms with Crippen LogP contribution in [-0.4, -0.2) is 44.5 Å². The van der Waals surface area contributed by atoms with Gasteiger partial charge in [0.2, 0.25) is 0 Å². The van der Waals surface area contributed by atoms with Gasteiger partial charge in [-0.25, -0.2) is 13.4 Å². The summed E-state index contributed by atoms with van der Waals surface area (Å²) in [5.41, 5.74) is 0.890. The quantitative estimate of drug-likeness (QED) is 0.296. The molecule has 6 nitrogen and oxygen atoms in total. The monoisotopic (exact) mass is 426 g/mol. The number of nitrogens with zero attached hydrogens (tertiary/aromatic N) is 2. The summed E-state index contributed by atoms with van der Waals surface area (Å²) in [6, 6.07) is 5.70. The van der Waals surface area contributed by atoms with Gasteiger partial charge < -0.3 is 10.6 Å². The molecular weight excluding hydrogens is 403 g/mol. The first-order chi connectivity index (χ1) is 9.51. The Morgan fingerprint density at radius 2 is 2.10 bits per heavy atom. The van der Waals surface area contributed by atoms with Crippen molar-refractivity contribution >= 4 is 39.8 Å². The van der Waals surface area contributed by atoms with E-state index in [4.69, 9.17) is 0 Å². The molecule has 21 heavy (non-hydrogen) atoms. The maximum absolute atomic E-state index is 11.0. The SMILES string of the molecule is CCNC(=NCc1ccccn1)NCCCS(C)(=O)=O.I. The van der Waals surface area contributed by atoms with Crippen molar-refractivity contribution in [3.63, 3.8) is 0 Å². The average Bonchev–Trinajstić information content (AvgIpc) is 2.41. The minimum Gasteiger partial charge on any atom is -0.357 e. The Bertz CT molecular complexity index is 520. The number of guanidine groups is 1. The van der Waals surface area contributed by atoms with Gasteiger partial charge in [-0.15, -0.1) is 24.0 Å². The molecule has 0 aliphatic carbocycles. The zero-order valence-electron chi connectivity index (χ0n) is 12.4. The highest BCUT2D eigenvalue weighted by Gasteiger charge is 2.02. The van der Waals surface area contributed by atoms with Gasteiger partial charge in [0.15, 0.2) is 5.96 Å². The molecule has 0 amide bonds. The van der Waals surface area contributed by atoms with Crippen molar-refractivity contribution in [3.05, 3.63) is 30.1 Å². The lowest BCUT2D eigenvalue weighted by molar-refractivity contribution is 0.598. The summed E-state index contributed by atoms with van der Waals surface area (Å²) in [6.07, 6.45) is 3.54. The van der Waals surface area contributed by atoms with Crippen LogP contribution in [0.5, 0.6) is 0 Å². The summed E-state index contributed by atoms with van der Waals surface area (Å²) in [5.74, 6) is 0.853. The highest BCUT2D eigenvalue weighted by molar-refractivity contribution is 14.0. The lowest BCUT2D eigenvalue weighted by atomic mass is 10.3. The summed E-state index contributed by atoms with van der Waals surface area (Å²) in [6.45, 7) is 3.79. The molecule has 1 rings (SSSR count). The van der Waals surface area contributed by atoms with Gasteiger partial charge in [-0.3, -0.25) is 4.98 Å². The second-order valence-electron chi connectivity index (χ2n) is 4.43. The predicted molar refractivity (Wildman–Crippen MR) is 96.8 cm³/mol. The van der Waals surface area contributed by atoms with Gasteiger partial charge >= 0.3 is 0 Å². The van der Waals surface area contributed by atoms with E-state index in [0.717, 1.165) is 12.2 Å². The third-order valence-electron chi connectivity index (χ3n) is 2.45. The van der Waals surface area contributed by atoms with Crippen LogP contribution in [0.1, 0.15) is 19.0 Å². The molecule has 0 saturated heterocycles. The Morgan fingerprint density at radius 1 is 1.33 bits per heavy atom. The molecule has 0 fully saturated rings. The van der Waals surface area contributed by atoms with Crippen molar-refractivity contribution in [3.8, 4) is 0 Å². The first kappa shape index (κ1) is 20.1. The number of nitrogens with one attached hydrogen (secondary N) is 2. The molecule has 0 spiro atoms. The molecule has 1 heterocycles. The van der Waals surface area contributed by atoms with E-state index in [1.165, 1.54) is 6.26 Å². The molecule has 0 bridgehead atoms. The van der Waals surface area contributed by atoms with Crippen molar-refractivity contribution in [2.24, 2.45) is 4.99 Å². The topological polar surface area (TPSA) is 83.4 Å². The minimum absolute atomic E-state index is 0. The van der Waals surface area contributed by atoms with Crippen LogP contribution >= 0.6 is 24.0 Å². The third-order valence-corrected chi connectivity index (χ3v) is 3.48. The molecule has 0 unspecified atom stereocenters. The fourth-order valence-corrected chi connectivity index (χ4v) is 2.20. The second kappa shape index (κ2) is 10.8. The fraction of sp³-hybridized carbons (Fsp3) is 0.538. The van der Waals surface area contributed by atoms with Gasteiger partial charge in [-0.2, -0.15) is 0 Å². The zero-order chi connectivity index (χ0) is 14.8. The number of aromatic nitrogens is 1. The maximum Gasteiger partial charge on any atom is 0.191 e. The first-order valence-electron chi connectivity index (χ1n) is 6.61. The highest BCUT2D eigenvalue weighted by Crippen LogP contribution is 1.95. The summed E-state index contributed by atoms with van der Waals surface area (Å²) in [7, 11) is -2.90. The Kier molecular flexibility index (Phi) is 10.3. The van der Waals surface area contributed by atoms with Crippen molar-refractivity contribution in [1.29, 1.82) is 0 Å². The lowest BCUT2D eigenvalue weighted by Crippen LogP contribution is -2.38. The number of aliphatic imine (C=N–C) groups is 1. The van der Waals surface area contributed by atoms with Crippen molar-refractivity contribution < 1.29 is 8.42 Å². The van der Waals surface area contributed by atoms with Gasteiger partial charge in [-0.05, 0) is 25.5 Å². The summed E-state index contributed by atoms with van der Waals surface area (Å²) in [5, 5.41) is 6.22. The van der Waals surface area contributed by atoms with E-state index >= 15 is 0 Å². The summed E-state index contributed by atoms with van der Waals surface area (Å²) < 4.78 is 22.1. The summed E-state index contributed by atoms with van der Waals surface area (Å²) >= 11 is 0. The Morgan fingerprint density at radius 3 is 2.67 bits per heavy atom. The van der Waals surface area contributed by atoms with Crippen molar-refractivity contribution in [2.45, 2.75) is 19.9 Å². The van der Waals surface area contributed by atoms with Crippen LogP contribution < -0.4 is 10.6 Å². The standard InChI is InChI=1S/C13H22N4O2S.HI/c1-3-14-13(16-9-6-10-20(2,18)19)17-11-12-7-4-5-8-15-12;/h4-5,7-8H,3,6,9-11H2,1-2H3,(H2,14,16,17);1H. The molecule has 0 radical (unpaired) electrons. The normalized spacial score (nSPS) is 11.6. The Balaban J connectivity index is 0.00000400. The average molecular weight is 426 g/mol. The van der Waals surface area contributed by atoms with Gasteiger partial charge in [-0.1, -0.05) is 6.07 Å². The molecule has 1 aromatic heterocycles. The molecule has 0 atom stereocenters. The van der Waals surface area contributed by atoms with Gasteiger partial charge in [0.05, 0.1) is 18.0 Å². The van der Waals surface area contributed by atoms with Gasteiger partial charge in [0.1, 0.15) is 9.84 Å². The maximum atomic E-state index is 11.0. The number of hydrogen-bond donors (Lipinski definition) is 2. The van der Waals surface area contributed by atoms with E-state index in [-0.39, 0.29) is 29.7 Å². The number of sulfone groups is 1. The van der Waals surface area contributed by atoms with Crippen LogP contribution in [0.15, 0.2) is 29.4 Å². The van der Waals surface area contributed by atoms with Crippen molar-refractivity contribution in [1.82, 2.24) is 15.6 Å². The first-order valence-corrected chi connectivity index (χ1v) is 8.67. The van der Waals surface area contributed by atoms with Crippen LogP contribution in [0, 0.1) is 0 Å². The number of hydrogen-bond acceptors (Lipinski definition) is 4. The zero-order valence-corrected chi connectivity index (χ0v) is 15.5. The number of halogens is 1. The van der Waals surface area contributed by atoms with Crippen LogP contribution in [0.2, 0.25) is 0 Å². The largest absolute Gasteiger partial charge is 0.357 e. The third kappa shape index (κ3) is 10.5. The fourth-order valence-electron chi connectivity index (χ4n) is 1.53. The number of rotatable bonds is 7. The van der Waals surface area contributed by atoms with E-state index < -0.39 is 9.84 Å². The van der Waals surface area contributed by atoms with Gasteiger partial charge in [0, 0.05) is 25.5 Å². The molecule has 0 saturated carbocycles. The van der Waals surface area contributed by atoms with E-state index in [1.54, 1.807) is 6.20 Å². The molecule has 1 aromatic rings. The molecular formula is C13H23IN4O2S. The highest BCUT2D eigenvalue weighted by atomic mass is 127. The molecule has 0 aromatic carbocycles. The predicted octanol–water partition coefficient (Wildman–Crippen LogP) is 1.19. The van der Waals surface area contributed by atoms with E-state index in [1.807, 2.05) is 25.1 Å². The van der Waals surface area contributed by atoms with Crippen LogP contribution in [0.3, 0.4) is 0 Å². The van der Waals surface area contributed by atoms with Crippen LogP contribution in [-0.2, 0) is 16.4 Å². The number of pyridine rings is 1. The lowest BCUT2D eigenvalue weighted by Gasteiger charge is -2.10. The Hall–Kier alpha value is -0.900. The minimum atomic E-state index is -2.90. The molecule has 8 heteroatoms. The van der Waals surface area contributed by atoms with Crippen LogP contribution in [0.4, 0.5) is 0 Å². The van der Waals surface area contributed by atoms with Gasteiger partial charge in [0.25, 0.3) is 0 Å². The van der Waals surface area contributed by atoms with E-state index in [9.17, 15) is 8.42 Å². The molecule has 2 N–H and O–H groups in total. The second-order valence-corrected chi connectivity index (χ2v) is 6.69. The van der Waals surface area contributed by atoms with E-state index in [2.05, 4.69) is 20.6 Å². The smallest absolute Gasteiger partial charge is 0.191 e. The summed E-state index contributed by atoms with van der Waals surface area (Å²) in [4.78, 5) is 8.60. The van der Waals surface area contributed by atoms with Crippen molar-refractivity contribution in [2.75, 3.05) is 25.1 Å². The molecule has 0 aliphatic rings. The Labute approximate surface area is 143 Å². The molecule has 0 aliphatic heterocycles. The van der Waals surface area contributed by atoms with E-state index in [0.29, 0.717) is 25.5 Å². The van der Waals surface area contributed by atoms with Crippen LogP contribution in [0.25, 0.3) is 0 Å².